The normalized spacial score (nSPS) is 10.9. The van der Waals surface area contributed by atoms with E-state index in [-0.39, 0.29) is 22.9 Å². The fraction of sp³-hybridized carbons (Fsp3) is 0.174. The lowest BCUT2D eigenvalue weighted by Gasteiger charge is -2.13. The number of halogens is 1. The number of hydrogen-bond acceptors (Lipinski definition) is 5. The third kappa shape index (κ3) is 3.74. The molecule has 0 saturated heterocycles. The molecule has 2 aromatic heterocycles. The van der Waals surface area contributed by atoms with Gasteiger partial charge in [-0.1, -0.05) is 36.3 Å². The summed E-state index contributed by atoms with van der Waals surface area (Å²) in [7, 11) is 0. The number of para-hydroxylation sites is 2. The Kier molecular flexibility index (Phi) is 5.43. The highest BCUT2D eigenvalue weighted by atomic mass is 19.1. The van der Waals surface area contributed by atoms with Crippen LogP contribution in [0.4, 0.5) is 10.1 Å². The summed E-state index contributed by atoms with van der Waals surface area (Å²) in [6.07, 6.45) is 0.846. The molecule has 7 heteroatoms. The fourth-order valence-electron chi connectivity index (χ4n) is 3.18. The number of pyridine rings is 1. The Bertz CT molecular complexity index is 1220. The first-order valence-corrected chi connectivity index (χ1v) is 9.63. The number of aromatic nitrogens is 2. The molecule has 0 bridgehead atoms. The van der Waals surface area contributed by atoms with Gasteiger partial charge in [0.2, 0.25) is 0 Å². The van der Waals surface area contributed by atoms with Crippen molar-refractivity contribution in [2.45, 2.75) is 20.3 Å². The summed E-state index contributed by atoms with van der Waals surface area (Å²) in [6.45, 7) is 4.27. The van der Waals surface area contributed by atoms with E-state index in [1.807, 2.05) is 19.1 Å². The summed E-state index contributed by atoms with van der Waals surface area (Å²) in [5.41, 5.74) is 2.10. The summed E-state index contributed by atoms with van der Waals surface area (Å²) in [5.74, 6) is -0.251. The number of nitrogens with zero attached hydrogens (tertiary/aromatic N) is 2. The Morgan fingerprint density at radius 3 is 2.73 bits per heavy atom. The standard InChI is InChI=1S/C23H20FN3O3/c1-3-12-29-20-11-7-6-10-18(20)25-22(28)16-13-19(15-8-4-5-9-17(15)24)26-23-21(16)14(2)27-30-23/h4-11,13H,3,12H2,1-2H3,(H,25,28). The topological polar surface area (TPSA) is 77.2 Å². The van der Waals surface area contributed by atoms with E-state index in [1.54, 1.807) is 43.3 Å². The average molecular weight is 405 g/mol. The summed E-state index contributed by atoms with van der Waals surface area (Å²) < 4.78 is 25.3. The number of benzene rings is 2. The lowest BCUT2D eigenvalue weighted by molar-refractivity contribution is 0.102. The maximum atomic E-state index is 14.3. The van der Waals surface area contributed by atoms with Crippen LogP contribution in [0, 0.1) is 12.7 Å². The van der Waals surface area contributed by atoms with E-state index in [0.717, 1.165) is 6.42 Å². The minimum Gasteiger partial charge on any atom is -0.491 e. The largest absolute Gasteiger partial charge is 0.491 e. The van der Waals surface area contributed by atoms with Gasteiger partial charge < -0.3 is 14.6 Å². The molecule has 0 spiro atoms. The van der Waals surface area contributed by atoms with Crippen molar-refractivity contribution >= 4 is 22.7 Å². The second-order valence-electron chi connectivity index (χ2n) is 6.78. The van der Waals surface area contributed by atoms with Gasteiger partial charge in [-0.05, 0) is 43.7 Å². The molecular formula is C23H20FN3O3. The molecular weight excluding hydrogens is 385 g/mol. The van der Waals surface area contributed by atoms with Crippen molar-refractivity contribution in [2.75, 3.05) is 11.9 Å². The third-order valence-electron chi connectivity index (χ3n) is 4.61. The maximum absolute atomic E-state index is 14.3. The van der Waals surface area contributed by atoms with Crippen molar-refractivity contribution in [3.63, 3.8) is 0 Å². The van der Waals surface area contributed by atoms with E-state index < -0.39 is 5.82 Å². The number of carbonyl (C=O) groups is 1. The smallest absolute Gasteiger partial charge is 0.259 e. The van der Waals surface area contributed by atoms with Crippen LogP contribution in [0.15, 0.2) is 59.1 Å². The van der Waals surface area contributed by atoms with E-state index in [4.69, 9.17) is 9.26 Å². The number of hydrogen-bond donors (Lipinski definition) is 1. The number of carbonyl (C=O) groups excluding carboxylic acids is 1. The van der Waals surface area contributed by atoms with Crippen LogP contribution in [0.1, 0.15) is 29.4 Å². The van der Waals surface area contributed by atoms with Gasteiger partial charge in [0.1, 0.15) is 11.6 Å². The molecule has 4 aromatic rings. The van der Waals surface area contributed by atoms with Gasteiger partial charge in [0.05, 0.1) is 34.6 Å². The molecule has 2 aromatic carbocycles. The Morgan fingerprint density at radius 2 is 1.93 bits per heavy atom. The molecule has 0 atom stereocenters. The number of fused-ring (bicyclic) bond motifs is 1. The zero-order chi connectivity index (χ0) is 21.1. The van der Waals surface area contributed by atoms with Crippen LogP contribution < -0.4 is 10.1 Å². The Hall–Kier alpha value is -3.74. The number of ether oxygens (including phenoxy) is 1. The molecule has 1 N–H and O–H groups in total. The Labute approximate surface area is 172 Å². The van der Waals surface area contributed by atoms with Crippen molar-refractivity contribution in [2.24, 2.45) is 0 Å². The molecule has 0 aliphatic carbocycles. The molecule has 0 aliphatic rings. The van der Waals surface area contributed by atoms with Crippen LogP contribution in [0.3, 0.4) is 0 Å². The van der Waals surface area contributed by atoms with E-state index in [9.17, 15) is 9.18 Å². The van der Waals surface area contributed by atoms with Gasteiger partial charge in [0, 0.05) is 5.56 Å². The number of aryl methyl sites for hydroxylation is 1. The molecule has 6 nitrogen and oxygen atoms in total. The zero-order valence-electron chi connectivity index (χ0n) is 16.6. The van der Waals surface area contributed by atoms with Crippen molar-refractivity contribution in [3.8, 4) is 17.0 Å². The first-order chi connectivity index (χ1) is 14.6. The third-order valence-corrected chi connectivity index (χ3v) is 4.61. The summed E-state index contributed by atoms with van der Waals surface area (Å²) in [5, 5.41) is 7.29. The highest BCUT2D eigenvalue weighted by Gasteiger charge is 2.21. The minimum atomic E-state index is -0.440. The highest BCUT2D eigenvalue weighted by Crippen LogP contribution is 2.30. The lowest BCUT2D eigenvalue weighted by Crippen LogP contribution is -2.14. The summed E-state index contributed by atoms with van der Waals surface area (Å²) in [4.78, 5) is 17.6. The second-order valence-corrected chi connectivity index (χ2v) is 6.78. The quantitative estimate of drug-likeness (QED) is 0.466. The number of rotatable bonds is 6. The predicted octanol–water partition coefficient (Wildman–Crippen LogP) is 5.38. The molecule has 30 heavy (non-hydrogen) atoms. The van der Waals surface area contributed by atoms with Gasteiger partial charge in [0.15, 0.2) is 0 Å². The van der Waals surface area contributed by atoms with Gasteiger partial charge in [-0.2, -0.15) is 0 Å². The van der Waals surface area contributed by atoms with Gasteiger partial charge >= 0.3 is 0 Å². The van der Waals surface area contributed by atoms with Crippen LogP contribution in [-0.4, -0.2) is 22.7 Å². The van der Waals surface area contributed by atoms with Crippen LogP contribution >= 0.6 is 0 Å². The molecule has 152 valence electrons. The van der Waals surface area contributed by atoms with E-state index in [0.29, 0.717) is 34.7 Å². The number of anilines is 1. The van der Waals surface area contributed by atoms with Crippen molar-refractivity contribution < 1.29 is 18.4 Å². The molecule has 0 fully saturated rings. The lowest BCUT2D eigenvalue weighted by atomic mass is 10.0. The molecule has 0 unspecified atom stereocenters. The van der Waals surface area contributed by atoms with Crippen molar-refractivity contribution in [1.29, 1.82) is 0 Å². The highest BCUT2D eigenvalue weighted by molar-refractivity contribution is 6.13. The minimum absolute atomic E-state index is 0.175. The maximum Gasteiger partial charge on any atom is 0.259 e. The van der Waals surface area contributed by atoms with E-state index in [2.05, 4.69) is 15.5 Å². The molecule has 0 aliphatic heterocycles. The number of nitrogens with one attached hydrogen (secondary N) is 1. The summed E-state index contributed by atoms with van der Waals surface area (Å²) in [6, 6.07) is 15.0. The zero-order valence-corrected chi connectivity index (χ0v) is 16.6. The van der Waals surface area contributed by atoms with Gasteiger partial charge in [-0.25, -0.2) is 9.37 Å². The SMILES string of the molecule is CCCOc1ccccc1NC(=O)c1cc(-c2ccccc2F)nc2onc(C)c12. The average Bonchev–Trinajstić information content (AvgIpc) is 3.13. The van der Waals surface area contributed by atoms with E-state index >= 15 is 0 Å². The Balaban J connectivity index is 1.78. The first kappa shape index (κ1) is 19.6. The Morgan fingerprint density at radius 1 is 1.17 bits per heavy atom. The van der Waals surface area contributed by atoms with Crippen molar-refractivity contribution in [3.05, 3.63) is 71.7 Å². The van der Waals surface area contributed by atoms with Crippen LogP contribution in [0.25, 0.3) is 22.4 Å². The molecule has 0 saturated carbocycles. The molecule has 4 rings (SSSR count). The second kappa shape index (κ2) is 8.32. The predicted molar refractivity (Wildman–Crippen MR) is 112 cm³/mol. The van der Waals surface area contributed by atoms with Crippen LogP contribution in [-0.2, 0) is 0 Å². The number of amides is 1. The van der Waals surface area contributed by atoms with Crippen molar-refractivity contribution in [1.82, 2.24) is 10.1 Å². The van der Waals surface area contributed by atoms with E-state index in [1.165, 1.54) is 6.07 Å². The van der Waals surface area contributed by atoms with Gasteiger partial charge in [-0.3, -0.25) is 4.79 Å². The molecule has 1 amide bonds. The molecule has 2 heterocycles. The van der Waals surface area contributed by atoms with Crippen LogP contribution in [0.5, 0.6) is 5.75 Å². The monoisotopic (exact) mass is 405 g/mol. The molecule has 0 radical (unpaired) electrons. The first-order valence-electron chi connectivity index (χ1n) is 9.63. The van der Waals surface area contributed by atoms with Gasteiger partial charge in [-0.15, -0.1) is 0 Å². The fourth-order valence-corrected chi connectivity index (χ4v) is 3.18. The summed E-state index contributed by atoms with van der Waals surface area (Å²) >= 11 is 0. The van der Waals surface area contributed by atoms with Crippen LogP contribution in [0.2, 0.25) is 0 Å². The van der Waals surface area contributed by atoms with Gasteiger partial charge in [0.25, 0.3) is 11.6 Å².